The highest BCUT2D eigenvalue weighted by molar-refractivity contribution is 7.90. The van der Waals surface area contributed by atoms with E-state index in [0.29, 0.717) is 17.0 Å². The van der Waals surface area contributed by atoms with Crippen molar-refractivity contribution >= 4 is 26.8 Å². The molecule has 9 heteroatoms. The van der Waals surface area contributed by atoms with Crippen LogP contribution in [0, 0.1) is 0 Å². The van der Waals surface area contributed by atoms with E-state index in [2.05, 4.69) is 9.97 Å². The van der Waals surface area contributed by atoms with E-state index in [1.54, 1.807) is 30.3 Å². The largest absolute Gasteiger partial charge is 0.477 e. The van der Waals surface area contributed by atoms with Crippen LogP contribution in [0.5, 0.6) is 5.75 Å². The Morgan fingerprint density at radius 1 is 1.29 bits per heavy atom. The fourth-order valence-electron chi connectivity index (χ4n) is 2.86. The molecule has 24 heavy (non-hydrogen) atoms. The summed E-state index contributed by atoms with van der Waals surface area (Å²) >= 11 is 0. The van der Waals surface area contributed by atoms with E-state index in [4.69, 9.17) is 4.74 Å². The van der Waals surface area contributed by atoms with E-state index in [1.807, 2.05) is 0 Å². The predicted molar refractivity (Wildman–Crippen MR) is 83.4 cm³/mol. The smallest absolute Gasteiger partial charge is 0.367 e. The molecule has 1 N–H and O–H groups in total. The van der Waals surface area contributed by atoms with Crippen LogP contribution in [0.1, 0.15) is 6.23 Å². The third-order valence-electron chi connectivity index (χ3n) is 3.79. The Bertz CT molecular complexity index is 1100. The van der Waals surface area contributed by atoms with Gasteiger partial charge in [0.25, 0.3) is 6.23 Å². The highest BCUT2D eigenvalue weighted by Crippen LogP contribution is 2.42. The molecular formula is C15H11N3O5S. The number of sulfone groups is 1. The molecule has 1 atom stereocenters. The summed E-state index contributed by atoms with van der Waals surface area (Å²) in [5.74, 6) is -0.795. The van der Waals surface area contributed by atoms with Gasteiger partial charge in [0.2, 0.25) is 0 Å². The zero-order valence-electron chi connectivity index (χ0n) is 12.4. The van der Waals surface area contributed by atoms with Gasteiger partial charge >= 0.3 is 5.97 Å². The second kappa shape index (κ2) is 4.78. The molecular weight excluding hydrogens is 334 g/mol. The number of aliphatic carboxylic acids is 1. The second-order valence-electron chi connectivity index (χ2n) is 5.39. The minimum Gasteiger partial charge on any atom is -0.477 e. The van der Waals surface area contributed by atoms with Crippen LogP contribution >= 0.6 is 0 Å². The van der Waals surface area contributed by atoms with Crippen molar-refractivity contribution in [1.82, 2.24) is 14.5 Å². The van der Waals surface area contributed by atoms with E-state index < -0.39 is 22.0 Å². The lowest BCUT2D eigenvalue weighted by atomic mass is 10.1. The molecule has 0 fully saturated rings. The normalized spacial score (nSPS) is 16.3. The highest BCUT2D eigenvalue weighted by Gasteiger charge is 2.34. The van der Waals surface area contributed by atoms with Crippen molar-refractivity contribution in [2.45, 2.75) is 11.3 Å². The average molecular weight is 345 g/mol. The lowest BCUT2D eigenvalue weighted by Crippen LogP contribution is -2.28. The molecule has 3 heterocycles. The average Bonchev–Trinajstić information content (AvgIpc) is 2.92. The van der Waals surface area contributed by atoms with Crippen LogP contribution < -0.4 is 4.74 Å². The second-order valence-corrected chi connectivity index (χ2v) is 7.32. The van der Waals surface area contributed by atoms with Gasteiger partial charge in [-0.2, -0.15) is 0 Å². The van der Waals surface area contributed by atoms with Crippen molar-refractivity contribution < 1.29 is 23.1 Å². The first-order valence-corrected chi connectivity index (χ1v) is 8.82. The van der Waals surface area contributed by atoms with Gasteiger partial charge in [-0.25, -0.2) is 23.2 Å². The Balaban J connectivity index is 2.14. The Hall–Kier alpha value is -2.94. The van der Waals surface area contributed by atoms with Crippen LogP contribution in [-0.4, -0.2) is 40.3 Å². The lowest BCUT2D eigenvalue weighted by Gasteiger charge is -2.26. The number of para-hydroxylation sites is 1. The number of hydrogen-bond acceptors (Lipinski definition) is 6. The number of carboxylic acid groups (broad SMARTS) is 1. The first-order valence-electron chi connectivity index (χ1n) is 6.93. The number of aromatic nitrogens is 3. The van der Waals surface area contributed by atoms with E-state index in [1.165, 1.54) is 4.57 Å². The Morgan fingerprint density at radius 2 is 2.04 bits per heavy atom. The molecule has 0 amide bonds. The Kier molecular flexibility index (Phi) is 2.91. The van der Waals surface area contributed by atoms with Crippen molar-refractivity contribution in [1.29, 1.82) is 0 Å². The number of nitrogens with zero attached hydrogens (tertiary/aromatic N) is 3. The van der Waals surface area contributed by atoms with Crippen LogP contribution in [-0.2, 0) is 14.6 Å². The van der Waals surface area contributed by atoms with Gasteiger partial charge in [0.15, 0.2) is 14.9 Å². The molecule has 0 saturated heterocycles. The number of ether oxygens (including phenoxy) is 1. The van der Waals surface area contributed by atoms with Gasteiger partial charge in [0, 0.05) is 11.8 Å². The summed E-state index contributed by atoms with van der Waals surface area (Å²) < 4.78 is 30.9. The van der Waals surface area contributed by atoms with E-state index in [9.17, 15) is 18.3 Å². The minimum absolute atomic E-state index is 0.143. The summed E-state index contributed by atoms with van der Waals surface area (Å²) in [6, 6.07) is 8.54. The van der Waals surface area contributed by atoms with Crippen LogP contribution in [0.2, 0.25) is 0 Å². The summed E-state index contributed by atoms with van der Waals surface area (Å²) in [6.07, 6.45) is 0.811. The van der Waals surface area contributed by atoms with E-state index in [-0.39, 0.29) is 16.1 Å². The zero-order valence-corrected chi connectivity index (χ0v) is 13.2. The molecule has 3 aromatic rings. The third kappa shape index (κ3) is 1.98. The van der Waals surface area contributed by atoms with E-state index in [0.717, 1.165) is 12.6 Å². The number of rotatable bonds is 2. The first-order chi connectivity index (χ1) is 11.4. The maximum atomic E-state index is 12.0. The first kappa shape index (κ1) is 14.6. The van der Waals surface area contributed by atoms with Crippen LogP contribution in [0.4, 0.5) is 0 Å². The third-order valence-corrected chi connectivity index (χ3v) is 4.82. The molecule has 1 aliphatic heterocycles. The number of carboxylic acids is 1. The lowest BCUT2D eigenvalue weighted by molar-refractivity contribution is -0.149. The fourth-order valence-corrected chi connectivity index (χ4v) is 3.65. The van der Waals surface area contributed by atoms with Gasteiger partial charge in [-0.3, -0.25) is 4.57 Å². The molecule has 0 radical (unpaired) electrons. The minimum atomic E-state index is -3.60. The predicted octanol–water partition coefficient (Wildman–Crippen LogP) is 1.48. The molecule has 0 spiro atoms. The molecule has 2 aromatic heterocycles. The monoisotopic (exact) mass is 345 g/mol. The number of hydrogen-bond donors (Lipinski definition) is 1. The van der Waals surface area contributed by atoms with Gasteiger partial charge in [-0.05, 0) is 18.2 Å². The molecule has 1 aliphatic rings. The topological polar surface area (TPSA) is 111 Å². The Labute approximate surface area is 136 Å². The van der Waals surface area contributed by atoms with Crippen LogP contribution in [0.15, 0.2) is 41.7 Å². The molecule has 8 nitrogen and oxygen atoms in total. The number of fused-ring (bicyclic) bond motifs is 5. The van der Waals surface area contributed by atoms with Gasteiger partial charge in [0.1, 0.15) is 17.7 Å². The zero-order chi connectivity index (χ0) is 17.1. The van der Waals surface area contributed by atoms with Crippen molar-refractivity contribution in [2.24, 2.45) is 0 Å². The van der Waals surface area contributed by atoms with Crippen molar-refractivity contribution in [3.8, 4) is 17.0 Å². The van der Waals surface area contributed by atoms with E-state index >= 15 is 0 Å². The standard InChI is InChI=1S/C15H11N3O5S/c1-24(21,22)13-9-6-10-8-4-2-3-5-11(8)23-14(15(19)20)18(10)12(9)16-7-17-13/h2-7,14H,1H3,(H,19,20). The molecule has 1 aromatic carbocycles. The van der Waals surface area contributed by atoms with Gasteiger partial charge in [0.05, 0.1) is 11.1 Å². The number of benzene rings is 1. The van der Waals surface area contributed by atoms with Gasteiger partial charge < -0.3 is 9.84 Å². The Morgan fingerprint density at radius 3 is 2.75 bits per heavy atom. The van der Waals surface area contributed by atoms with Crippen molar-refractivity contribution in [2.75, 3.05) is 6.26 Å². The summed E-state index contributed by atoms with van der Waals surface area (Å²) in [4.78, 5) is 19.6. The molecule has 0 aliphatic carbocycles. The maximum Gasteiger partial charge on any atom is 0.367 e. The molecule has 0 saturated carbocycles. The van der Waals surface area contributed by atoms with Crippen molar-refractivity contribution in [3.63, 3.8) is 0 Å². The molecule has 122 valence electrons. The van der Waals surface area contributed by atoms with Crippen molar-refractivity contribution in [3.05, 3.63) is 36.7 Å². The van der Waals surface area contributed by atoms with Crippen LogP contribution in [0.25, 0.3) is 22.3 Å². The van der Waals surface area contributed by atoms with Gasteiger partial charge in [-0.1, -0.05) is 12.1 Å². The highest BCUT2D eigenvalue weighted by atomic mass is 32.2. The van der Waals surface area contributed by atoms with Crippen LogP contribution in [0.3, 0.4) is 0 Å². The van der Waals surface area contributed by atoms with Gasteiger partial charge in [-0.15, -0.1) is 0 Å². The number of carbonyl (C=O) groups is 1. The summed E-state index contributed by atoms with van der Waals surface area (Å²) in [5, 5.41) is 9.63. The molecule has 4 rings (SSSR count). The SMILES string of the molecule is CS(=O)(=O)c1ncnc2c1cc1n2C(C(=O)O)Oc2ccccc2-1. The molecule has 0 bridgehead atoms. The maximum absolute atomic E-state index is 12.0. The fraction of sp³-hybridized carbons (Fsp3) is 0.133. The summed E-state index contributed by atoms with van der Waals surface area (Å²) in [6.45, 7) is 0. The summed E-state index contributed by atoms with van der Waals surface area (Å²) in [5.41, 5.74) is 1.37. The summed E-state index contributed by atoms with van der Waals surface area (Å²) in [7, 11) is -3.60. The molecule has 1 unspecified atom stereocenters. The quantitative estimate of drug-likeness (QED) is 0.700.